The molecule has 1 amide bonds. The Bertz CT molecular complexity index is 592. The number of hydrogen-bond acceptors (Lipinski definition) is 4. The molecule has 0 aliphatic heterocycles. The molecule has 6 heteroatoms. The van der Waals surface area contributed by atoms with Gasteiger partial charge in [-0.25, -0.2) is 0 Å². The maximum absolute atomic E-state index is 11.7. The zero-order valence-electron chi connectivity index (χ0n) is 10.3. The minimum Gasteiger partial charge on any atom is -0.297 e. The summed E-state index contributed by atoms with van der Waals surface area (Å²) in [6.45, 7) is 2.00. The van der Waals surface area contributed by atoms with E-state index in [1.165, 1.54) is 17.4 Å². The van der Waals surface area contributed by atoms with E-state index in [-0.39, 0.29) is 5.91 Å². The molecule has 98 valence electrons. The first-order valence-corrected chi connectivity index (χ1v) is 7.35. The van der Waals surface area contributed by atoms with Crippen molar-refractivity contribution in [3.8, 4) is 0 Å². The summed E-state index contributed by atoms with van der Waals surface area (Å²) < 4.78 is 1.01. The zero-order valence-corrected chi connectivity index (χ0v) is 12.7. The lowest BCUT2D eigenvalue weighted by Gasteiger charge is -1.95. The summed E-state index contributed by atoms with van der Waals surface area (Å²) >= 11 is 4.75. The molecule has 1 heterocycles. The summed E-state index contributed by atoms with van der Waals surface area (Å²) in [5.41, 5.74) is 0.963. The standard InChI is InChI=1S/C13H12BrN3OS/c1-2-12-16-17-13(19-12)15-11(18)8-5-9-3-6-10(14)7-4-9/h3-8H,2H2,1H3,(H,15,17,18)/b8-5+. The summed E-state index contributed by atoms with van der Waals surface area (Å²) in [5, 5.41) is 12.0. The Morgan fingerprint density at radius 1 is 1.37 bits per heavy atom. The molecule has 0 saturated carbocycles. The number of nitrogens with zero attached hydrogens (tertiary/aromatic N) is 2. The second kappa shape index (κ2) is 6.58. The molecule has 0 fully saturated rings. The van der Waals surface area contributed by atoms with Gasteiger partial charge in [0.1, 0.15) is 5.01 Å². The fraction of sp³-hybridized carbons (Fsp3) is 0.154. The monoisotopic (exact) mass is 337 g/mol. The van der Waals surface area contributed by atoms with Gasteiger partial charge in [-0.2, -0.15) is 0 Å². The van der Waals surface area contributed by atoms with Crippen LogP contribution < -0.4 is 5.32 Å². The molecule has 19 heavy (non-hydrogen) atoms. The smallest absolute Gasteiger partial charge is 0.250 e. The zero-order chi connectivity index (χ0) is 13.7. The Morgan fingerprint density at radius 3 is 2.74 bits per heavy atom. The molecule has 0 bridgehead atoms. The van der Waals surface area contributed by atoms with Crippen molar-refractivity contribution < 1.29 is 4.79 Å². The van der Waals surface area contributed by atoms with Crippen LogP contribution in [0.25, 0.3) is 6.08 Å². The number of anilines is 1. The number of rotatable bonds is 4. The lowest BCUT2D eigenvalue weighted by molar-refractivity contribution is -0.111. The number of carbonyl (C=O) groups excluding carboxylic acids is 1. The highest BCUT2D eigenvalue weighted by molar-refractivity contribution is 9.10. The first kappa shape index (κ1) is 13.9. The van der Waals surface area contributed by atoms with Gasteiger partial charge >= 0.3 is 0 Å². The van der Waals surface area contributed by atoms with E-state index >= 15 is 0 Å². The first-order chi connectivity index (χ1) is 9.17. The Balaban J connectivity index is 1.95. The van der Waals surface area contributed by atoms with Gasteiger partial charge in [-0.05, 0) is 30.2 Å². The summed E-state index contributed by atoms with van der Waals surface area (Å²) in [4.78, 5) is 11.7. The topological polar surface area (TPSA) is 54.9 Å². The highest BCUT2D eigenvalue weighted by atomic mass is 79.9. The third-order valence-corrected chi connectivity index (χ3v) is 3.81. The second-order valence-electron chi connectivity index (χ2n) is 3.73. The molecule has 0 spiro atoms. The highest BCUT2D eigenvalue weighted by Crippen LogP contribution is 2.15. The van der Waals surface area contributed by atoms with Crippen LogP contribution in [0.3, 0.4) is 0 Å². The molecule has 1 N–H and O–H groups in total. The molecule has 0 aliphatic rings. The molecule has 0 saturated heterocycles. The van der Waals surface area contributed by atoms with Crippen molar-refractivity contribution >= 4 is 44.4 Å². The molecule has 4 nitrogen and oxygen atoms in total. The van der Waals surface area contributed by atoms with Crippen molar-refractivity contribution in [2.24, 2.45) is 0 Å². The van der Waals surface area contributed by atoms with Crippen LogP contribution in [0.1, 0.15) is 17.5 Å². The van der Waals surface area contributed by atoms with Crippen LogP contribution in [0.5, 0.6) is 0 Å². The lowest BCUT2D eigenvalue weighted by atomic mass is 10.2. The highest BCUT2D eigenvalue weighted by Gasteiger charge is 2.04. The third-order valence-electron chi connectivity index (χ3n) is 2.30. The van der Waals surface area contributed by atoms with Crippen LogP contribution in [0, 0.1) is 0 Å². The van der Waals surface area contributed by atoms with Gasteiger partial charge < -0.3 is 0 Å². The molecule has 0 atom stereocenters. The van der Waals surface area contributed by atoms with Crippen LogP contribution in [0.4, 0.5) is 5.13 Å². The molecular weight excluding hydrogens is 326 g/mol. The van der Waals surface area contributed by atoms with Crippen LogP contribution in [-0.2, 0) is 11.2 Å². The van der Waals surface area contributed by atoms with Gasteiger partial charge in [-0.1, -0.05) is 46.3 Å². The Hall–Kier alpha value is -1.53. The van der Waals surface area contributed by atoms with Gasteiger partial charge in [0.2, 0.25) is 11.0 Å². The van der Waals surface area contributed by atoms with Gasteiger partial charge in [0.15, 0.2) is 0 Å². The van der Waals surface area contributed by atoms with E-state index in [4.69, 9.17) is 0 Å². The van der Waals surface area contributed by atoms with Crippen molar-refractivity contribution in [1.82, 2.24) is 10.2 Å². The molecule has 2 aromatic rings. The van der Waals surface area contributed by atoms with E-state index in [9.17, 15) is 4.79 Å². The Kier molecular flexibility index (Phi) is 4.81. The number of amides is 1. The van der Waals surface area contributed by atoms with Crippen molar-refractivity contribution in [3.05, 3.63) is 45.4 Å². The largest absolute Gasteiger partial charge is 0.297 e. The van der Waals surface area contributed by atoms with Gasteiger partial charge in [-0.15, -0.1) is 10.2 Å². The second-order valence-corrected chi connectivity index (χ2v) is 5.71. The van der Waals surface area contributed by atoms with E-state index in [2.05, 4.69) is 31.4 Å². The van der Waals surface area contributed by atoms with Crippen molar-refractivity contribution in [2.45, 2.75) is 13.3 Å². The van der Waals surface area contributed by atoms with Crippen molar-refractivity contribution in [3.63, 3.8) is 0 Å². The number of nitrogens with one attached hydrogen (secondary N) is 1. The predicted octanol–water partition coefficient (Wildman–Crippen LogP) is 3.51. The molecular formula is C13H12BrN3OS. The van der Waals surface area contributed by atoms with E-state index in [1.54, 1.807) is 6.08 Å². The number of aromatic nitrogens is 2. The normalized spacial score (nSPS) is 10.8. The van der Waals surface area contributed by atoms with Gasteiger partial charge in [0, 0.05) is 10.5 Å². The van der Waals surface area contributed by atoms with Gasteiger partial charge in [0.25, 0.3) is 0 Å². The number of halogens is 1. The fourth-order valence-electron chi connectivity index (χ4n) is 1.34. The average molecular weight is 338 g/mol. The SMILES string of the molecule is CCc1nnc(NC(=O)/C=C/c2ccc(Br)cc2)s1. The summed E-state index contributed by atoms with van der Waals surface area (Å²) in [6, 6.07) is 7.70. The molecule has 1 aromatic heterocycles. The van der Waals surface area contributed by atoms with E-state index in [1.807, 2.05) is 31.2 Å². The predicted molar refractivity (Wildman–Crippen MR) is 81.1 cm³/mol. The van der Waals surface area contributed by atoms with Gasteiger partial charge in [-0.3, -0.25) is 10.1 Å². The first-order valence-electron chi connectivity index (χ1n) is 5.74. The molecule has 1 aromatic carbocycles. The van der Waals surface area contributed by atoms with Crippen LogP contribution in [0.15, 0.2) is 34.8 Å². The van der Waals surface area contributed by atoms with Crippen molar-refractivity contribution in [1.29, 1.82) is 0 Å². The molecule has 0 radical (unpaired) electrons. The van der Waals surface area contributed by atoms with Gasteiger partial charge in [0.05, 0.1) is 0 Å². The van der Waals surface area contributed by atoms with E-state index < -0.39 is 0 Å². The molecule has 2 rings (SSSR count). The average Bonchev–Trinajstić information content (AvgIpc) is 2.86. The summed E-state index contributed by atoms with van der Waals surface area (Å²) in [6.07, 6.45) is 4.06. The van der Waals surface area contributed by atoms with Crippen molar-refractivity contribution in [2.75, 3.05) is 5.32 Å². The number of benzene rings is 1. The van der Waals surface area contributed by atoms with Crippen LogP contribution in [0.2, 0.25) is 0 Å². The maximum atomic E-state index is 11.7. The summed E-state index contributed by atoms with van der Waals surface area (Å²) in [7, 11) is 0. The molecule has 0 aliphatic carbocycles. The number of hydrogen-bond donors (Lipinski definition) is 1. The minimum atomic E-state index is -0.207. The third kappa shape index (κ3) is 4.25. The van der Waals surface area contributed by atoms with Crippen LogP contribution in [-0.4, -0.2) is 16.1 Å². The number of carbonyl (C=O) groups is 1. The Morgan fingerprint density at radius 2 is 2.11 bits per heavy atom. The van der Waals surface area contributed by atoms with Crippen LogP contribution >= 0.6 is 27.3 Å². The minimum absolute atomic E-state index is 0.207. The quantitative estimate of drug-likeness (QED) is 0.868. The van der Waals surface area contributed by atoms with E-state index in [0.717, 1.165) is 21.5 Å². The molecule has 0 unspecified atom stereocenters. The fourth-order valence-corrected chi connectivity index (χ4v) is 2.29. The maximum Gasteiger partial charge on any atom is 0.250 e. The lowest BCUT2D eigenvalue weighted by Crippen LogP contribution is -2.07. The number of aryl methyl sites for hydroxylation is 1. The van der Waals surface area contributed by atoms with E-state index in [0.29, 0.717) is 5.13 Å². The Labute approximate surface area is 123 Å². The summed E-state index contributed by atoms with van der Waals surface area (Å²) in [5.74, 6) is -0.207.